The van der Waals surface area contributed by atoms with E-state index in [9.17, 15) is 0 Å². The lowest BCUT2D eigenvalue weighted by Gasteiger charge is -2.26. The van der Waals surface area contributed by atoms with Gasteiger partial charge in [-0.1, -0.05) is 11.8 Å². The summed E-state index contributed by atoms with van der Waals surface area (Å²) in [5.41, 5.74) is 0. The quantitative estimate of drug-likeness (QED) is 0.747. The van der Waals surface area contributed by atoms with E-state index in [0.717, 1.165) is 19.0 Å². The van der Waals surface area contributed by atoms with Crippen LogP contribution >= 0.6 is 23.4 Å². The molecule has 0 aliphatic carbocycles. The van der Waals surface area contributed by atoms with Gasteiger partial charge < -0.3 is 4.90 Å². The van der Waals surface area contributed by atoms with Gasteiger partial charge >= 0.3 is 0 Å². The highest BCUT2D eigenvalue weighted by atomic mass is 35.5. The van der Waals surface area contributed by atoms with Crippen molar-refractivity contribution in [2.24, 2.45) is 0 Å². The van der Waals surface area contributed by atoms with Gasteiger partial charge in [-0.05, 0) is 37.1 Å². The van der Waals surface area contributed by atoms with Gasteiger partial charge in [-0.2, -0.15) is 15.0 Å². The van der Waals surface area contributed by atoms with Gasteiger partial charge in [0.25, 0.3) is 0 Å². The van der Waals surface area contributed by atoms with Crippen LogP contribution in [0.15, 0.2) is 5.16 Å². The van der Waals surface area contributed by atoms with E-state index in [1.54, 1.807) is 0 Å². The Morgan fingerprint density at radius 3 is 2.53 bits per heavy atom. The summed E-state index contributed by atoms with van der Waals surface area (Å²) in [6.45, 7) is 2.04. The Bertz CT molecular complexity index is 341. The Kier molecular flexibility index (Phi) is 3.64. The van der Waals surface area contributed by atoms with Crippen LogP contribution in [0.1, 0.15) is 19.3 Å². The summed E-state index contributed by atoms with van der Waals surface area (Å²) in [6.07, 6.45) is 5.64. The highest BCUT2D eigenvalue weighted by Crippen LogP contribution is 2.19. The summed E-state index contributed by atoms with van der Waals surface area (Å²) in [4.78, 5) is 14.7. The van der Waals surface area contributed by atoms with Crippen molar-refractivity contribution in [2.45, 2.75) is 24.4 Å². The van der Waals surface area contributed by atoms with E-state index in [2.05, 4.69) is 19.9 Å². The number of thioether (sulfide) groups is 1. The predicted octanol–water partition coefficient (Wildman–Crippen LogP) is 2.24. The topological polar surface area (TPSA) is 41.9 Å². The standard InChI is InChI=1S/C9H13ClN4S/c1-15-9-12-7(10)11-8(13-9)14-5-3-2-4-6-14/h2-6H2,1H3. The van der Waals surface area contributed by atoms with Gasteiger partial charge in [0, 0.05) is 13.1 Å². The second kappa shape index (κ2) is 4.99. The molecule has 2 heterocycles. The van der Waals surface area contributed by atoms with Gasteiger partial charge in [0.2, 0.25) is 11.2 Å². The average molecular weight is 245 g/mol. The zero-order chi connectivity index (χ0) is 10.7. The highest BCUT2D eigenvalue weighted by molar-refractivity contribution is 7.98. The van der Waals surface area contributed by atoms with Crippen LogP contribution in [-0.2, 0) is 0 Å². The molecule has 1 aromatic rings. The monoisotopic (exact) mass is 244 g/mol. The molecule has 0 unspecified atom stereocenters. The third-order valence-corrected chi connectivity index (χ3v) is 3.11. The molecule has 0 amide bonds. The van der Waals surface area contributed by atoms with Crippen molar-refractivity contribution in [2.75, 3.05) is 24.2 Å². The summed E-state index contributed by atoms with van der Waals surface area (Å²) in [5.74, 6) is 0.721. The summed E-state index contributed by atoms with van der Waals surface area (Å²) in [6, 6.07) is 0. The number of anilines is 1. The van der Waals surface area contributed by atoms with Gasteiger partial charge in [-0.15, -0.1) is 0 Å². The Morgan fingerprint density at radius 1 is 1.13 bits per heavy atom. The molecule has 0 saturated carbocycles. The lowest BCUT2D eigenvalue weighted by atomic mass is 10.1. The number of hydrogen-bond acceptors (Lipinski definition) is 5. The molecule has 82 valence electrons. The van der Waals surface area contributed by atoms with Crippen molar-refractivity contribution < 1.29 is 0 Å². The molecule has 1 fully saturated rings. The zero-order valence-corrected chi connectivity index (χ0v) is 10.2. The fourth-order valence-electron chi connectivity index (χ4n) is 1.65. The van der Waals surface area contributed by atoms with E-state index in [0.29, 0.717) is 5.16 Å². The van der Waals surface area contributed by atoms with E-state index >= 15 is 0 Å². The third kappa shape index (κ3) is 2.72. The summed E-state index contributed by atoms with van der Waals surface area (Å²) >= 11 is 7.33. The smallest absolute Gasteiger partial charge is 0.230 e. The molecule has 1 aliphatic heterocycles. The maximum Gasteiger partial charge on any atom is 0.230 e. The number of rotatable bonds is 2. The molecule has 0 radical (unpaired) electrons. The van der Waals surface area contributed by atoms with Crippen LogP contribution in [-0.4, -0.2) is 34.3 Å². The van der Waals surface area contributed by atoms with Gasteiger partial charge in [0.1, 0.15) is 0 Å². The Hall–Kier alpha value is -0.550. The Morgan fingerprint density at radius 2 is 1.87 bits per heavy atom. The van der Waals surface area contributed by atoms with Crippen LogP contribution in [0, 0.1) is 0 Å². The van der Waals surface area contributed by atoms with Crippen LogP contribution in [0.4, 0.5) is 5.95 Å². The first kappa shape index (κ1) is 11.0. The van der Waals surface area contributed by atoms with Crippen molar-refractivity contribution in [3.05, 3.63) is 5.28 Å². The van der Waals surface area contributed by atoms with E-state index in [-0.39, 0.29) is 5.28 Å². The molecule has 2 rings (SSSR count). The fourth-order valence-corrected chi connectivity index (χ4v) is 2.21. The molecule has 6 heteroatoms. The fraction of sp³-hybridized carbons (Fsp3) is 0.667. The molecule has 4 nitrogen and oxygen atoms in total. The van der Waals surface area contributed by atoms with Crippen LogP contribution < -0.4 is 4.90 Å². The largest absolute Gasteiger partial charge is 0.341 e. The first-order valence-electron chi connectivity index (χ1n) is 5.00. The number of aromatic nitrogens is 3. The minimum absolute atomic E-state index is 0.287. The minimum atomic E-state index is 0.287. The molecule has 0 bridgehead atoms. The molecule has 0 aromatic carbocycles. The first-order chi connectivity index (χ1) is 7.29. The summed E-state index contributed by atoms with van der Waals surface area (Å²) in [5, 5.41) is 0.977. The number of piperidine rings is 1. The molecule has 1 saturated heterocycles. The van der Waals surface area contributed by atoms with Crippen molar-refractivity contribution in [3.63, 3.8) is 0 Å². The van der Waals surface area contributed by atoms with Crippen LogP contribution in [0.5, 0.6) is 0 Å². The lowest BCUT2D eigenvalue weighted by molar-refractivity contribution is 0.564. The van der Waals surface area contributed by atoms with E-state index in [4.69, 9.17) is 11.6 Å². The van der Waals surface area contributed by atoms with Crippen LogP contribution in [0.2, 0.25) is 5.28 Å². The van der Waals surface area contributed by atoms with Crippen molar-refractivity contribution in [3.8, 4) is 0 Å². The van der Waals surface area contributed by atoms with E-state index in [1.807, 2.05) is 6.26 Å². The second-order valence-corrected chi connectivity index (χ2v) is 4.55. The second-order valence-electron chi connectivity index (χ2n) is 3.44. The molecular weight excluding hydrogens is 232 g/mol. The van der Waals surface area contributed by atoms with Gasteiger partial charge in [0.15, 0.2) is 5.16 Å². The molecule has 0 N–H and O–H groups in total. The van der Waals surface area contributed by atoms with Gasteiger partial charge in [-0.3, -0.25) is 0 Å². The van der Waals surface area contributed by atoms with Gasteiger partial charge in [0.05, 0.1) is 0 Å². The van der Waals surface area contributed by atoms with Crippen molar-refractivity contribution in [1.29, 1.82) is 0 Å². The number of halogens is 1. The normalized spacial score (nSPS) is 16.8. The number of hydrogen-bond donors (Lipinski definition) is 0. The summed E-state index contributed by atoms with van der Waals surface area (Å²) < 4.78 is 0. The maximum atomic E-state index is 5.85. The van der Waals surface area contributed by atoms with E-state index in [1.165, 1.54) is 31.0 Å². The molecule has 1 aromatic heterocycles. The Balaban J connectivity index is 2.22. The van der Waals surface area contributed by atoms with Crippen LogP contribution in [0.25, 0.3) is 0 Å². The summed E-state index contributed by atoms with van der Waals surface area (Å²) in [7, 11) is 0. The Labute approximate surface area is 98.5 Å². The first-order valence-corrected chi connectivity index (χ1v) is 6.60. The SMILES string of the molecule is CSc1nc(Cl)nc(N2CCCCC2)n1. The van der Waals surface area contributed by atoms with E-state index < -0.39 is 0 Å². The maximum absolute atomic E-state index is 5.85. The number of nitrogens with zero attached hydrogens (tertiary/aromatic N) is 4. The third-order valence-electron chi connectivity index (χ3n) is 2.40. The van der Waals surface area contributed by atoms with Crippen molar-refractivity contribution in [1.82, 2.24) is 15.0 Å². The zero-order valence-electron chi connectivity index (χ0n) is 8.61. The van der Waals surface area contributed by atoms with Gasteiger partial charge in [-0.25, -0.2) is 0 Å². The molecule has 0 atom stereocenters. The minimum Gasteiger partial charge on any atom is -0.341 e. The van der Waals surface area contributed by atoms with Crippen molar-refractivity contribution >= 4 is 29.3 Å². The molecule has 0 spiro atoms. The molecule has 15 heavy (non-hydrogen) atoms. The lowest BCUT2D eigenvalue weighted by Crippen LogP contribution is -2.31. The molecule has 1 aliphatic rings. The predicted molar refractivity (Wildman–Crippen MR) is 62.7 cm³/mol. The average Bonchev–Trinajstić information content (AvgIpc) is 2.29. The van der Waals surface area contributed by atoms with Crippen LogP contribution in [0.3, 0.4) is 0 Å². The highest BCUT2D eigenvalue weighted by Gasteiger charge is 2.15. The molecular formula is C9H13ClN4S.